The molecular formula is C20H26N2O4S2. The molecule has 1 amide bonds. The van der Waals surface area contributed by atoms with Crippen molar-refractivity contribution in [3.8, 4) is 5.75 Å². The molecule has 8 heteroatoms. The van der Waals surface area contributed by atoms with E-state index in [2.05, 4.69) is 0 Å². The van der Waals surface area contributed by atoms with Crippen molar-refractivity contribution in [3.05, 3.63) is 47.3 Å². The van der Waals surface area contributed by atoms with E-state index >= 15 is 0 Å². The molecule has 1 unspecified atom stereocenters. The van der Waals surface area contributed by atoms with Crippen molar-refractivity contribution >= 4 is 27.3 Å². The number of rotatable bonds is 7. The van der Waals surface area contributed by atoms with Gasteiger partial charge in [0, 0.05) is 20.1 Å². The highest BCUT2D eigenvalue weighted by atomic mass is 32.2. The molecule has 2 aromatic rings. The fourth-order valence-corrected chi connectivity index (χ4v) is 6.00. The van der Waals surface area contributed by atoms with E-state index in [4.69, 9.17) is 4.74 Å². The summed E-state index contributed by atoms with van der Waals surface area (Å²) in [4.78, 5) is 14.4. The number of hydrogen-bond donors (Lipinski definition) is 0. The van der Waals surface area contributed by atoms with Crippen LogP contribution in [-0.4, -0.2) is 56.8 Å². The fraction of sp³-hybridized carbons (Fsp3) is 0.450. The Labute approximate surface area is 170 Å². The zero-order valence-corrected chi connectivity index (χ0v) is 17.8. The lowest BCUT2D eigenvalue weighted by atomic mass is 9.98. The maximum Gasteiger partial charge on any atom is 0.252 e. The Morgan fingerprint density at radius 3 is 2.86 bits per heavy atom. The monoisotopic (exact) mass is 422 g/mol. The predicted octanol–water partition coefficient (Wildman–Crippen LogP) is 2.99. The molecule has 1 aliphatic heterocycles. The lowest BCUT2D eigenvalue weighted by molar-refractivity contribution is -0.135. The van der Waals surface area contributed by atoms with Crippen molar-refractivity contribution in [2.45, 2.75) is 24.0 Å². The topological polar surface area (TPSA) is 66.9 Å². The minimum atomic E-state index is -3.51. The Morgan fingerprint density at radius 1 is 1.32 bits per heavy atom. The van der Waals surface area contributed by atoms with Gasteiger partial charge in [-0.1, -0.05) is 18.2 Å². The molecule has 3 rings (SSSR count). The number of carbonyl (C=O) groups is 1. The first kappa shape index (κ1) is 20.8. The standard InChI is InChI=1S/C20H26N2O4S2/c1-16-6-3-8-18(14-16)26-12-11-21(2)20(23)17-7-4-10-22(15-17)28(24,25)19-9-5-13-27-19/h3,5-6,8-9,13-14,17H,4,7,10-12,15H2,1-2H3. The van der Waals surface area contributed by atoms with E-state index in [9.17, 15) is 13.2 Å². The summed E-state index contributed by atoms with van der Waals surface area (Å²) in [6.07, 6.45) is 1.40. The van der Waals surface area contributed by atoms with Gasteiger partial charge in [-0.2, -0.15) is 4.31 Å². The minimum Gasteiger partial charge on any atom is -0.492 e. The van der Waals surface area contributed by atoms with E-state index in [0.717, 1.165) is 11.3 Å². The van der Waals surface area contributed by atoms with Crippen molar-refractivity contribution < 1.29 is 17.9 Å². The molecule has 0 N–H and O–H groups in total. The Morgan fingerprint density at radius 2 is 2.14 bits per heavy atom. The third kappa shape index (κ3) is 4.92. The molecular weight excluding hydrogens is 396 g/mol. The van der Waals surface area contributed by atoms with Crippen LogP contribution in [0.2, 0.25) is 0 Å². The van der Waals surface area contributed by atoms with E-state index in [0.29, 0.717) is 36.7 Å². The number of carbonyl (C=O) groups excluding carboxylic acids is 1. The number of benzene rings is 1. The molecule has 0 spiro atoms. The molecule has 1 aromatic heterocycles. The van der Waals surface area contributed by atoms with Crippen LogP contribution < -0.4 is 4.74 Å². The van der Waals surface area contributed by atoms with Crippen LogP contribution in [0.1, 0.15) is 18.4 Å². The highest BCUT2D eigenvalue weighted by molar-refractivity contribution is 7.91. The Balaban J connectivity index is 1.54. The maximum absolute atomic E-state index is 12.8. The number of hydrogen-bond acceptors (Lipinski definition) is 5. The summed E-state index contributed by atoms with van der Waals surface area (Å²) >= 11 is 1.21. The summed E-state index contributed by atoms with van der Waals surface area (Å²) in [6.45, 7) is 3.56. The third-order valence-corrected chi connectivity index (χ3v) is 8.12. The van der Waals surface area contributed by atoms with Crippen LogP contribution >= 0.6 is 11.3 Å². The van der Waals surface area contributed by atoms with Gasteiger partial charge in [-0.15, -0.1) is 11.3 Å². The van der Waals surface area contributed by atoms with Gasteiger partial charge < -0.3 is 9.64 Å². The number of ether oxygens (including phenoxy) is 1. The number of piperidine rings is 1. The molecule has 1 aliphatic rings. The first-order chi connectivity index (χ1) is 13.4. The number of amides is 1. The minimum absolute atomic E-state index is 0.0288. The summed E-state index contributed by atoms with van der Waals surface area (Å²) in [6, 6.07) is 11.1. The van der Waals surface area contributed by atoms with Gasteiger partial charge in [0.2, 0.25) is 5.91 Å². The van der Waals surface area contributed by atoms with Crippen LogP contribution in [0.15, 0.2) is 46.0 Å². The molecule has 0 bridgehead atoms. The highest BCUT2D eigenvalue weighted by Crippen LogP contribution is 2.27. The van der Waals surface area contributed by atoms with Gasteiger partial charge in [0.25, 0.3) is 10.0 Å². The maximum atomic E-state index is 12.8. The van der Waals surface area contributed by atoms with Crippen LogP contribution in [0.5, 0.6) is 5.75 Å². The fourth-order valence-electron chi connectivity index (χ4n) is 3.33. The van der Waals surface area contributed by atoms with Gasteiger partial charge in [-0.05, 0) is 48.9 Å². The van der Waals surface area contributed by atoms with E-state index < -0.39 is 10.0 Å². The third-order valence-electron chi connectivity index (χ3n) is 4.88. The van der Waals surface area contributed by atoms with Crippen LogP contribution in [0.25, 0.3) is 0 Å². The molecule has 0 aliphatic carbocycles. The molecule has 6 nitrogen and oxygen atoms in total. The molecule has 2 heterocycles. The van der Waals surface area contributed by atoms with E-state index in [1.54, 1.807) is 29.5 Å². The van der Waals surface area contributed by atoms with Crippen LogP contribution in [0.3, 0.4) is 0 Å². The molecule has 1 fully saturated rings. The molecule has 152 valence electrons. The van der Waals surface area contributed by atoms with E-state index in [1.165, 1.54) is 15.6 Å². The average molecular weight is 423 g/mol. The van der Waals surface area contributed by atoms with Crippen LogP contribution in [0, 0.1) is 12.8 Å². The molecule has 1 aromatic carbocycles. The molecule has 1 saturated heterocycles. The van der Waals surface area contributed by atoms with Gasteiger partial charge >= 0.3 is 0 Å². The second-order valence-electron chi connectivity index (χ2n) is 7.06. The quantitative estimate of drug-likeness (QED) is 0.688. The smallest absolute Gasteiger partial charge is 0.252 e. The van der Waals surface area contributed by atoms with Gasteiger partial charge in [0.05, 0.1) is 12.5 Å². The second kappa shape index (κ2) is 9.07. The summed E-state index contributed by atoms with van der Waals surface area (Å²) in [5, 5.41) is 1.75. The summed E-state index contributed by atoms with van der Waals surface area (Å²) in [5.41, 5.74) is 1.12. The number of thiophene rings is 1. The lowest BCUT2D eigenvalue weighted by Crippen LogP contribution is -2.46. The Kier molecular flexibility index (Phi) is 6.74. The predicted molar refractivity (Wildman–Crippen MR) is 110 cm³/mol. The van der Waals surface area contributed by atoms with Crippen molar-refractivity contribution in [2.24, 2.45) is 5.92 Å². The van der Waals surface area contributed by atoms with Crippen molar-refractivity contribution in [3.63, 3.8) is 0 Å². The number of likely N-dealkylation sites (N-methyl/N-ethyl adjacent to an activating group) is 1. The lowest BCUT2D eigenvalue weighted by Gasteiger charge is -2.33. The zero-order chi connectivity index (χ0) is 20.1. The Hall–Kier alpha value is -1.90. The zero-order valence-electron chi connectivity index (χ0n) is 16.2. The van der Waals surface area contributed by atoms with Gasteiger partial charge in [0.15, 0.2) is 0 Å². The van der Waals surface area contributed by atoms with Gasteiger partial charge in [-0.3, -0.25) is 4.79 Å². The summed E-state index contributed by atoms with van der Waals surface area (Å²) in [5.74, 6) is 0.443. The highest BCUT2D eigenvalue weighted by Gasteiger charge is 2.34. The largest absolute Gasteiger partial charge is 0.492 e. The van der Waals surface area contributed by atoms with Gasteiger partial charge in [0.1, 0.15) is 16.6 Å². The normalized spacial score (nSPS) is 18.0. The van der Waals surface area contributed by atoms with Crippen molar-refractivity contribution in [1.82, 2.24) is 9.21 Å². The van der Waals surface area contributed by atoms with Crippen molar-refractivity contribution in [2.75, 3.05) is 33.3 Å². The first-order valence-corrected chi connectivity index (χ1v) is 11.7. The van der Waals surface area contributed by atoms with E-state index in [-0.39, 0.29) is 18.4 Å². The molecule has 0 radical (unpaired) electrons. The number of sulfonamides is 1. The van der Waals surface area contributed by atoms with E-state index in [1.807, 2.05) is 31.2 Å². The Bertz CT molecular complexity index is 897. The summed E-state index contributed by atoms with van der Waals surface area (Å²) < 4.78 is 33.0. The molecule has 1 atom stereocenters. The van der Waals surface area contributed by atoms with Gasteiger partial charge in [-0.25, -0.2) is 8.42 Å². The van der Waals surface area contributed by atoms with Crippen LogP contribution in [0.4, 0.5) is 0 Å². The number of nitrogens with zero attached hydrogens (tertiary/aromatic N) is 2. The molecule has 28 heavy (non-hydrogen) atoms. The van der Waals surface area contributed by atoms with Crippen LogP contribution in [-0.2, 0) is 14.8 Å². The summed E-state index contributed by atoms with van der Waals surface area (Å²) in [7, 11) is -1.77. The average Bonchev–Trinajstić information content (AvgIpc) is 3.23. The molecule has 0 saturated carbocycles. The SMILES string of the molecule is Cc1cccc(OCCN(C)C(=O)C2CCCN(S(=O)(=O)c3cccs3)C2)c1. The van der Waals surface area contributed by atoms with Crippen molar-refractivity contribution in [1.29, 1.82) is 0 Å². The number of aryl methyl sites for hydroxylation is 1. The second-order valence-corrected chi connectivity index (χ2v) is 10.2. The first-order valence-electron chi connectivity index (χ1n) is 9.36.